The van der Waals surface area contributed by atoms with Gasteiger partial charge in [0.1, 0.15) is 10.8 Å². The van der Waals surface area contributed by atoms with Crippen LogP contribution in [0.5, 0.6) is 0 Å². The Morgan fingerprint density at radius 3 is 3.13 bits per heavy atom. The van der Waals surface area contributed by atoms with E-state index in [9.17, 15) is 0 Å². The first kappa shape index (κ1) is 10.7. The van der Waals surface area contributed by atoms with E-state index < -0.39 is 0 Å². The lowest BCUT2D eigenvalue weighted by atomic mass is 10.00. The molecule has 3 N–H and O–H groups in total. The third-order valence-corrected chi connectivity index (χ3v) is 3.73. The third kappa shape index (κ3) is 2.41. The third-order valence-electron chi connectivity index (χ3n) is 2.89. The van der Waals surface area contributed by atoms with Crippen LogP contribution >= 0.6 is 11.5 Å². The van der Waals surface area contributed by atoms with Crippen molar-refractivity contribution in [3.05, 3.63) is 6.07 Å². The van der Waals surface area contributed by atoms with Gasteiger partial charge < -0.3 is 15.7 Å². The van der Waals surface area contributed by atoms with E-state index in [-0.39, 0.29) is 6.61 Å². The molecule has 1 aromatic heterocycles. The van der Waals surface area contributed by atoms with Gasteiger partial charge in [0.2, 0.25) is 0 Å². The van der Waals surface area contributed by atoms with Gasteiger partial charge in [-0.25, -0.2) is 0 Å². The SMILES string of the molecule is Nc1cc(N2CCCCC2CCO)sn1. The predicted molar refractivity (Wildman–Crippen MR) is 63.2 cm³/mol. The van der Waals surface area contributed by atoms with Crippen molar-refractivity contribution in [2.75, 3.05) is 23.8 Å². The second kappa shape index (κ2) is 4.81. The number of nitrogen functional groups attached to an aromatic ring is 1. The van der Waals surface area contributed by atoms with E-state index in [0.717, 1.165) is 18.0 Å². The molecule has 1 saturated heterocycles. The van der Waals surface area contributed by atoms with Gasteiger partial charge in [-0.3, -0.25) is 0 Å². The van der Waals surface area contributed by atoms with Gasteiger partial charge in [0, 0.05) is 25.3 Å². The average molecular weight is 227 g/mol. The molecule has 5 heteroatoms. The summed E-state index contributed by atoms with van der Waals surface area (Å²) in [5.74, 6) is 0.600. The molecule has 0 radical (unpaired) electrons. The fourth-order valence-electron chi connectivity index (χ4n) is 2.15. The Morgan fingerprint density at radius 2 is 2.47 bits per heavy atom. The van der Waals surface area contributed by atoms with Gasteiger partial charge in [-0.2, -0.15) is 4.37 Å². The first-order valence-corrected chi connectivity index (χ1v) is 6.18. The fourth-order valence-corrected chi connectivity index (χ4v) is 2.92. The minimum atomic E-state index is 0.259. The quantitative estimate of drug-likeness (QED) is 0.820. The molecule has 1 fully saturated rings. The Hall–Kier alpha value is -0.810. The first-order chi connectivity index (χ1) is 7.31. The summed E-state index contributed by atoms with van der Waals surface area (Å²) in [6.07, 6.45) is 4.49. The highest BCUT2D eigenvalue weighted by Gasteiger charge is 2.23. The summed E-state index contributed by atoms with van der Waals surface area (Å²) in [4.78, 5) is 2.34. The van der Waals surface area contributed by atoms with Gasteiger partial charge >= 0.3 is 0 Å². The van der Waals surface area contributed by atoms with E-state index in [4.69, 9.17) is 10.8 Å². The highest BCUT2D eigenvalue weighted by atomic mass is 32.1. The molecule has 0 bridgehead atoms. The van der Waals surface area contributed by atoms with Crippen LogP contribution in [-0.2, 0) is 0 Å². The lowest BCUT2D eigenvalue weighted by Gasteiger charge is -2.35. The highest BCUT2D eigenvalue weighted by molar-refractivity contribution is 7.10. The van der Waals surface area contributed by atoms with Crippen molar-refractivity contribution in [3.8, 4) is 0 Å². The van der Waals surface area contributed by atoms with Crippen molar-refractivity contribution in [2.45, 2.75) is 31.7 Å². The normalized spacial score (nSPS) is 21.9. The van der Waals surface area contributed by atoms with Crippen LogP contribution in [0.4, 0.5) is 10.8 Å². The number of hydrogen-bond donors (Lipinski definition) is 2. The second-order valence-electron chi connectivity index (χ2n) is 3.95. The molecule has 0 amide bonds. The number of aromatic nitrogens is 1. The van der Waals surface area contributed by atoms with E-state index in [0.29, 0.717) is 11.9 Å². The monoisotopic (exact) mass is 227 g/mol. The summed E-state index contributed by atoms with van der Waals surface area (Å²) in [7, 11) is 0. The zero-order valence-corrected chi connectivity index (χ0v) is 9.54. The van der Waals surface area contributed by atoms with Crippen LogP contribution in [0.1, 0.15) is 25.7 Å². The molecule has 4 nitrogen and oxygen atoms in total. The van der Waals surface area contributed by atoms with Gasteiger partial charge in [0.25, 0.3) is 0 Å². The van der Waals surface area contributed by atoms with Crippen molar-refractivity contribution in [1.82, 2.24) is 4.37 Å². The second-order valence-corrected chi connectivity index (χ2v) is 4.73. The summed E-state index contributed by atoms with van der Waals surface area (Å²) in [6.45, 7) is 1.32. The van der Waals surface area contributed by atoms with Crippen molar-refractivity contribution in [3.63, 3.8) is 0 Å². The lowest BCUT2D eigenvalue weighted by Crippen LogP contribution is -2.39. The minimum Gasteiger partial charge on any atom is -0.396 e. The number of hydrogen-bond acceptors (Lipinski definition) is 5. The van der Waals surface area contributed by atoms with Crippen LogP contribution in [0.25, 0.3) is 0 Å². The number of aliphatic hydroxyl groups excluding tert-OH is 1. The maximum atomic E-state index is 9.02. The van der Waals surface area contributed by atoms with Crippen LogP contribution in [0.3, 0.4) is 0 Å². The predicted octanol–water partition coefficient (Wildman–Crippen LogP) is 1.47. The summed E-state index contributed by atoms with van der Waals surface area (Å²) in [5.41, 5.74) is 5.63. The average Bonchev–Trinajstić information content (AvgIpc) is 2.66. The summed E-state index contributed by atoms with van der Waals surface area (Å²) < 4.78 is 4.10. The number of aliphatic hydroxyl groups is 1. The van der Waals surface area contributed by atoms with E-state index in [2.05, 4.69) is 9.27 Å². The molecule has 0 saturated carbocycles. The standard InChI is InChI=1S/C10H17N3OS/c11-9-7-10(15-12-9)13-5-2-1-3-8(13)4-6-14/h7-8,14H,1-6H2,(H2,11,12). The zero-order chi connectivity index (χ0) is 10.7. The van der Waals surface area contributed by atoms with E-state index in [1.54, 1.807) is 0 Å². The van der Waals surface area contributed by atoms with Gasteiger partial charge in [-0.05, 0) is 37.2 Å². The zero-order valence-electron chi connectivity index (χ0n) is 8.72. The highest BCUT2D eigenvalue weighted by Crippen LogP contribution is 2.30. The fraction of sp³-hybridized carbons (Fsp3) is 0.700. The summed E-state index contributed by atoms with van der Waals surface area (Å²) in [6, 6.07) is 2.39. The Labute approximate surface area is 93.9 Å². The first-order valence-electron chi connectivity index (χ1n) is 5.41. The number of piperidine rings is 1. The molecule has 84 valence electrons. The van der Waals surface area contributed by atoms with E-state index in [1.807, 2.05) is 6.07 Å². The number of rotatable bonds is 3. The Balaban J connectivity index is 2.10. The van der Waals surface area contributed by atoms with Crippen molar-refractivity contribution < 1.29 is 5.11 Å². The van der Waals surface area contributed by atoms with Gasteiger partial charge in [-0.15, -0.1) is 0 Å². The smallest absolute Gasteiger partial charge is 0.139 e. The molecule has 2 rings (SSSR count). The van der Waals surface area contributed by atoms with Gasteiger partial charge in [0.15, 0.2) is 0 Å². The van der Waals surface area contributed by atoms with E-state index in [1.165, 1.54) is 30.8 Å². The van der Waals surface area contributed by atoms with Gasteiger partial charge in [-0.1, -0.05) is 0 Å². The number of nitrogens with two attached hydrogens (primary N) is 1. The van der Waals surface area contributed by atoms with Crippen molar-refractivity contribution in [2.24, 2.45) is 0 Å². The topological polar surface area (TPSA) is 62.4 Å². The number of anilines is 2. The molecule has 0 aliphatic carbocycles. The maximum Gasteiger partial charge on any atom is 0.139 e. The van der Waals surface area contributed by atoms with Crippen molar-refractivity contribution >= 4 is 22.4 Å². The largest absolute Gasteiger partial charge is 0.396 e. The molecule has 1 unspecified atom stereocenters. The molecule has 1 aromatic rings. The van der Waals surface area contributed by atoms with Crippen LogP contribution in [-0.4, -0.2) is 28.7 Å². The molecular formula is C10H17N3OS. The molecule has 2 heterocycles. The minimum absolute atomic E-state index is 0.259. The molecule has 1 aliphatic rings. The Kier molecular flexibility index (Phi) is 3.43. The molecule has 1 aliphatic heterocycles. The Bertz CT molecular complexity index is 313. The Morgan fingerprint density at radius 1 is 1.60 bits per heavy atom. The van der Waals surface area contributed by atoms with Gasteiger partial charge in [0.05, 0.1) is 0 Å². The lowest BCUT2D eigenvalue weighted by molar-refractivity contribution is 0.263. The van der Waals surface area contributed by atoms with Crippen LogP contribution in [0.2, 0.25) is 0 Å². The molecule has 0 aromatic carbocycles. The van der Waals surface area contributed by atoms with Crippen LogP contribution < -0.4 is 10.6 Å². The summed E-state index contributed by atoms with van der Waals surface area (Å²) >= 11 is 1.45. The van der Waals surface area contributed by atoms with E-state index >= 15 is 0 Å². The summed E-state index contributed by atoms with van der Waals surface area (Å²) in [5, 5.41) is 10.2. The van der Waals surface area contributed by atoms with Crippen LogP contribution in [0.15, 0.2) is 6.07 Å². The molecular weight excluding hydrogens is 210 g/mol. The molecule has 15 heavy (non-hydrogen) atoms. The number of nitrogens with zero attached hydrogens (tertiary/aromatic N) is 2. The van der Waals surface area contributed by atoms with Crippen molar-refractivity contribution in [1.29, 1.82) is 0 Å². The maximum absolute atomic E-state index is 9.02. The van der Waals surface area contributed by atoms with Crippen LogP contribution in [0, 0.1) is 0 Å². The molecule has 1 atom stereocenters. The molecule has 0 spiro atoms.